The molecule has 1 saturated carbocycles. The van der Waals surface area contributed by atoms with Gasteiger partial charge in [0.15, 0.2) is 0 Å². The second-order valence-electron chi connectivity index (χ2n) is 4.74. The maximum absolute atomic E-state index is 3.23. The predicted octanol–water partition coefficient (Wildman–Crippen LogP) is 2.90. The molecule has 0 radical (unpaired) electrons. The summed E-state index contributed by atoms with van der Waals surface area (Å²) in [4.78, 5) is 0. The fourth-order valence-corrected chi connectivity index (χ4v) is 2.44. The van der Waals surface area contributed by atoms with Crippen LogP contribution >= 0.6 is 0 Å². The minimum Gasteiger partial charge on any atom is -0.320 e. The molecule has 0 saturated heterocycles. The molecule has 0 aromatic rings. The van der Waals surface area contributed by atoms with Crippen LogP contribution < -0.4 is 5.32 Å². The summed E-state index contributed by atoms with van der Waals surface area (Å²) in [5.74, 6) is 1.73. The molecule has 0 bridgehead atoms. The maximum atomic E-state index is 3.23. The largest absolute Gasteiger partial charge is 0.320 e. The van der Waals surface area contributed by atoms with Crippen LogP contribution in [-0.4, -0.2) is 13.6 Å². The lowest BCUT2D eigenvalue weighted by atomic mass is 9.81. The van der Waals surface area contributed by atoms with Gasteiger partial charge in [-0.15, -0.1) is 0 Å². The van der Waals surface area contributed by atoms with E-state index < -0.39 is 0 Å². The molecule has 2 atom stereocenters. The highest BCUT2D eigenvalue weighted by atomic mass is 14.8. The zero-order chi connectivity index (χ0) is 10.1. The lowest BCUT2D eigenvalue weighted by Crippen LogP contribution is -2.10. The molecule has 0 aliphatic heterocycles. The monoisotopic (exact) mass is 191 g/mol. The van der Waals surface area contributed by atoms with Crippen LogP contribution in [0.4, 0.5) is 0 Å². The summed E-state index contributed by atoms with van der Waals surface area (Å²) in [6.07, 6.45) is 6.38. The van der Waals surface area contributed by atoms with E-state index in [0.29, 0.717) is 0 Å². The van der Waals surface area contributed by atoms with E-state index in [1.54, 1.807) is 16.7 Å². The summed E-state index contributed by atoms with van der Waals surface area (Å²) in [5, 5.41) is 3.23. The van der Waals surface area contributed by atoms with Gasteiger partial charge in [0.1, 0.15) is 0 Å². The van der Waals surface area contributed by atoms with Gasteiger partial charge in [0.25, 0.3) is 0 Å². The van der Waals surface area contributed by atoms with Crippen LogP contribution in [0, 0.1) is 11.8 Å². The molecule has 1 N–H and O–H groups in total. The lowest BCUT2D eigenvalue weighted by molar-refractivity contribution is 0.630. The van der Waals surface area contributed by atoms with E-state index in [2.05, 4.69) is 25.2 Å². The van der Waals surface area contributed by atoms with Crippen LogP contribution in [0.2, 0.25) is 0 Å². The van der Waals surface area contributed by atoms with Gasteiger partial charge in [0.2, 0.25) is 0 Å². The van der Waals surface area contributed by atoms with Crippen molar-refractivity contribution in [2.45, 2.75) is 33.1 Å². The van der Waals surface area contributed by atoms with Gasteiger partial charge < -0.3 is 5.32 Å². The highest BCUT2D eigenvalue weighted by molar-refractivity contribution is 5.45. The average Bonchev–Trinajstić information content (AvgIpc) is 2.91. The van der Waals surface area contributed by atoms with Crippen LogP contribution in [0.15, 0.2) is 22.8 Å². The van der Waals surface area contributed by atoms with Crippen molar-refractivity contribution in [3.63, 3.8) is 0 Å². The van der Waals surface area contributed by atoms with E-state index in [9.17, 15) is 0 Å². The molecule has 0 aromatic heterocycles. The Morgan fingerprint density at radius 2 is 2.36 bits per heavy atom. The second-order valence-corrected chi connectivity index (χ2v) is 4.74. The van der Waals surface area contributed by atoms with E-state index in [-0.39, 0.29) is 0 Å². The first-order valence-corrected chi connectivity index (χ1v) is 5.78. The fraction of sp³-hybridized carbons (Fsp3) is 0.692. The molecule has 2 rings (SSSR count). The molecule has 2 unspecified atom stereocenters. The third kappa shape index (κ3) is 1.78. The Labute approximate surface area is 87.3 Å². The normalized spacial score (nSPS) is 33.5. The topological polar surface area (TPSA) is 12.0 Å². The van der Waals surface area contributed by atoms with Gasteiger partial charge >= 0.3 is 0 Å². The Bertz CT molecular complexity index is 286. The molecule has 0 aromatic carbocycles. The fourth-order valence-electron chi connectivity index (χ4n) is 2.44. The third-order valence-electron chi connectivity index (χ3n) is 3.68. The Kier molecular flexibility index (Phi) is 2.78. The molecule has 2 aliphatic carbocycles. The SMILES string of the molecule is CNCCC1CC1=C(C)C1=CCC1C. The molecule has 14 heavy (non-hydrogen) atoms. The summed E-state index contributed by atoms with van der Waals surface area (Å²) in [6, 6.07) is 0. The quantitative estimate of drug-likeness (QED) is 0.720. The van der Waals surface area contributed by atoms with Crippen LogP contribution in [-0.2, 0) is 0 Å². The van der Waals surface area contributed by atoms with Gasteiger partial charge in [-0.25, -0.2) is 0 Å². The smallest absolute Gasteiger partial charge is 0.00461 e. The summed E-state index contributed by atoms with van der Waals surface area (Å²) in [7, 11) is 2.04. The number of hydrogen-bond donors (Lipinski definition) is 1. The third-order valence-corrected chi connectivity index (χ3v) is 3.68. The first-order valence-electron chi connectivity index (χ1n) is 5.78. The summed E-state index contributed by atoms with van der Waals surface area (Å²) in [5.41, 5.74) is 4.98. The standard InChI is InChI=1S/C13H21N/c1-9-4-5-12(9)10(2)13-8-11(13)6-7-14-3/h5,9,11,14H,4,6-8H2,1-3H3. The summed E-state index contributed by atoms with van der Waals surface area (Å²) in [6.45, 7) is 5.82. The van der Waals surface area contributed by atoms with Crippen molar-refractivity contribution < 1.29 is 0 Å². The first kappa shape index (κ1) is 9.97. The minimum absolute atomic E-state index is 0.827. The van der Waals surface area contributed by atoms with Crippen molar-refractivity contribution in [2.24, 2.45) is 11.8 Å². The van der Waals surface area contributed by atoms with Gasteiger partial charge in [0.05, 0.1) is 0 Å². The number of hydrogen-bond acceptors (Lipinski definition) is 1. The lowest BCUT2D eigenvalue weighted by Gasteiger charge is -2.24. The number of allylic oxidation sites excluding steroid dienone is 4. The van der Waals surface area contributed by atoms with Crippen molar-refractivity contribution in [3.05, 3.63) is 22.8 Å². The molecule has 1 fully saturated rings. The van der Waals surface area contributed by atoms with Crippen molar-refractivity contribution in [1.82, 2.24) is 5.32 Å². The van der Waals surface area contributed by atoms with E-state index >= 15 is 0 Å². The van der Waals surface area contributed by atoms with Gasteiger partial charge in [-0.1, -0.05) is 18.6 Å². The van der Waals surface area contributed by atoms with Gasteiger partial charge in [0, 0.05) is 0 Å². The van der Waals surface area contributed by atoms with E-state index in [0.717, 1.165) is 18.4 Å². The number of rotatable bonds is 4. The second kappa shape index (κ2) is 3.90. The molecule has 2 aliphatic rings. The molecular weight excluding hydrogens is 170 g/mol. The highest BCUT2D eigenvalue weighted by Gasteiger charge is 2.33. The van der Waals surface area contributed by atoms with E-state index in [4.69, 9.17) is 0 Å². The summed E-state index contributed by atoms with van der Waals surface area (Å²) < 4.78 is 0. The molecule has 0 amide bonds. The van der Waals surface area contributed by atoms with Crippen molar-refractivity contribution in [3.8, 4) is 0 Å². The van der Waals surface area contributed by atoms with Crippen molar-refractivity contribution >= 4 is 0 Å². The molecule has 1 nitrogen and oxygen atoms in total. The zero-order valence-electron chi connectivity index (χ0n) is 9.56. The summed E-state index contributed by atoms with van der Waals surface area (Å²) >= 11 is 0. The average molecular weight is 191 g/mol. The maximum Gasteiger partial charge on any atom is -0.00461 e. The van der Waals surface area contributed by atoms with Crippen LogP contribution in [0.25, 0.3) is 0 Å². The van der Waals surface area contributed by atoms with Gasteiger partial charge in [-0.05, 0) is 62.8 Å². The first-order chi connectivity index (χ1) is 6.74. The molecule has 78 valence electrons. The Morgan fingerprint density at radius 1 is 1.57 bits per heavy atom. The van der Waals surface area contributed by atoms with Crippen LogP contribution in [0.5, 0.6) is 0 Å². The Balaban J connectivity index is 1.92. The highest BCUT2D eigenvalue weighted by Crippen LogP contribution is 2.47. The Hall–Kier alpha value is -0.560. The van der Waals surface area contributed by atoms with Crippen molar-refractivity contribution in [1.29, 1.82) is 0 Å². The van der Waals surface area contributed by atoms with Crippen LogP contribution in [0.3, 0.4) is 0 Å². The van der Waals surface area contributed by atoms with E-state index in [1.807, 2.05) is 7.05 Å². The zero-order valence-corrected chi connectivity index (χ0v) is 9.56. The van der Waals surface area contributed by atoms with Gasteiger partial charge in [-0.2, -0.15) is 0 Å². The molecule has 1 heteroatoms. The molecule has 0 heterocycles. The van der Waals surface area contributed by atoms with Gasteiger partial charge in [-0.3, -0.25) is 0 Å². The van der Waals surface area contributed by atoms with Crippen molar-refractivity contribution in [2.75, 3.05) is 13.6 Å². The van der Waals surface area contributed by atoms with Crippen LogP contribution in [0.1, 0.15) is 33.1 Å². The minimum atomic E-state index is 0.827. The Morgan fingerprint density at radius 3 is 2.86 bits per heavy atom. The molecular formula is C13H21N. The molecule has 0 spiro atoms. The predicted molar refractivity (Wildman–Crippen MR) is 61.2 cm³/mol. The number of nitrogens with one attached hydrogen (secondary N) is 1. The van der Waals surface area contributed by atoms with E-state index in [1.165, 1.54) is 19.3 Å².